The Balaban J connectivity index is 1.53. The first-order valence-electron chi connectivity index (χ1n) is 12.5. The van der Waals surface area contributed by atoms with Crippen molar-refractivity contribution in [2.45, 2.75) is 55.7 Å². The highest BCUT2D eigenvalue weighted by Crippen LogP contribution is 2.54. The van der Waals surface area contributed by atoms with Gasteiger partial charge in [-0.1, -0.05) is 30.0 Å². The predicted octanol–water partition coefficient (Wildman–Crippen LogP) is 3.70. The first-order valence-corrected chi connectivity index (χ1v) is 14.2. The van der Waals surface area contributed by atoms with Crippen LogP contribution in [0.3, 0.4) is 0 Å². The summed E-state index contributed by atoms with van der Waals surface area (Å²) in [5.74, 6) is -3.44. The van der Waals surface area contributed by atoms with Crippen LogP contribution in [-0.4, -0.2) is 82.5 Å². The smallest absolute Gasteiger partial charge is 0.374 e. The first kappa shape index (κ1) is 27.2. The number of fused-ring (bicyclic) bond motifs is 1. The fourth-order valence-corrected chi connectivity index (χ4v) is 7.55. The van der Waals surface area contributed by atoms with Gasteiger partial charge in [-0.3, -0.25) is 9.59 Å². The van der Waals surface area contributed by atoms with Crippen molar-refractivity contribution in [3.63, 3.8) is 0 Å². The summed E-state index contributed by atoms with van der Waals surface area (Å²) in [6.45, 7) is 3.04. The molecule has 12 heteroatoms. The van der Waals surface area contributed by atoms with Gasteiger partial charge in [0.1, 0.15) is 22.8 Å². The Hall–Kier alpha value is -2.41. The molecule has 1 aromatic rings. The SMILES string of the molecule is COc1ccccc1C(CN1C(=O)N(C2(C(=O)C(=O)O)CC2)C(=O)C2C(C)=C(Br)SC21)OC1CCOCC1. The fraction of sp³-hybridized carbons (Fsp3) is 0.538. The summed E-state index contributed by atoms with van der Waals surface area (Å²) in [6.07, 6.45) is 0.970. The molecule has 1 saturated carbocycles. The van der Waals surface area contributed by atoms with Gasteiger partial charge in [0.25, 0.3) is 5.78 Å². The van der Waals surface area contributed by atoms with Gasteiger partial charge in [-0.15, -0.1) is 0 Å². The molecule has 204 valence electrons. The third-order valence-electron chi connectivity index (χ3n) is 7.66. The van der Waals surface area contributed by atoms with Crippen LogP contribution in [-0.2, 0) is 23.9 Å². The number of ether oxygens (including phenoxy) is 3. The van der Waals surface area contributed by atoms with E-state index in [0.717, 1.165) is 19.9 Å². The minimum atomic E-state index is -1.65. The maximum atomic E-state index is 14.1. The lowest BCUT2D eigenvalue weighted by Gasteiger charge is -2.45. The molecule has 0 aromatic heterocycles. The number of rotatable bonds is 9. The zero-order valence-electron chi connectivity index (χ0n) is 21.1. The van der Waals surface area contributed by atoms with Gasteiger partial charge in [0.2, 0.25) is 5.91 Å². The van der Waals surface area contributed by atoms with E-state index in [4.69, 9.17) is 14.2 Å². The van der Waals surface area contributed by atoms with Gasteiger partial charge in [0.05, 0.1) is 29.5 Å². The lowest BCUT2D eigenvalue weighted by Crippen LogP contribution is -2.66. The summed E-state index contributed by atoms with van der Waals surface area (Å²) >= 11 is 4.89. The maximum Gasteiger partial charge on any atom is 0.374 e. The molecule has 3 aliphatic heterocycles. The van der Waals surface area contributed by atoms with Crippen molar-refractivity contribution >= 4 is 51.4 Å². The monoisotopic (exact) mass is 608 g/mol. The van der Waals surface area contributed by atoms with Crippen molar-refractivity contribution in [3.8, 4) is 5.75 Å². The largest absolute Gasteiger partial charge is 0.496 e. The molecule has 0 bridgehead atoms. The van der Waals surface area contributed by atoms with Gasteiger partial charge in [0.15, 0.2) is 0 Å². The fourth-order valence-electron chi connectivity index (χ4n) is 5.44. The lowest BCUT2D eigenvalue weighted by molar-refractivity contribution is -0.155. The number of amides is 3. The summed E-state index contributed by atoms with van der Waals surface area (Å²) in [5.41, 5.74) is -0.154. The number of Topliss-reactive ketones (excluding diaryl/α,β-unsaturated/α-hetero) is 1. The maximum absolute atomic E-state index is 14.1. The van der Waals surface area contributed by atoms with Crippen molar-refractivity contribution in [1.29, 1.82) is 0 Å². The van der Waals surface area contributed by atoms with Crippen molar-refractivity contribution in [2.75, 3.05) is 26.9 Å². The number of aliphatic carboxylic acids is 1. The molecule has 1 aliphatic carbocycles. The van der Waals surface area contributed by atoms with Gasteiger partial charge >= 0.3 is 12.0 Å². The van der Waals surface area contributed by atoms with E-state index in [0.29, 0.717) is 31.8 Å². The molecule has 1 N–H and O–H groups in total. The number of ketones is 1. The van der Waals surface area contributed by atoms with Crippen LogP contribution in [0.5, 0.6) is 5.75 Å². The molecule has 3 fully saturated rings. The molecule has 3 amide bonds. The summed E-state index contributed by atoms with van der Waals surface area (Å²) in [5, 5.41) is 8.90. The van der Waals surface area contributed by atoms with E-state index in [9.17, 15) is 24.3 Å². The number of halogens is 1. The van der Waals surface area contributed by atoms with E-state index in [1.54, 1.807) is 18.9 Å². The number of carbonyl (C=O) groups excluding carboxylic acids is 3. The van der Waals surface area contributed by atoms with Crippen LogP contribution in [0, 0.1) is 5.92 Å². The molecule has 2 saturated heterocycles. The zero-order valence-corrected chi connectivity index (χ0v) is 23.5. The van der Waals surface area contributed by atoms with Crippen molar-refractivity contribution in [1.82, 2.24) is 9.80 Å². The Morgan fingerprint density at radius 2 is 1.92 bits per heavy atom. The van der Waals surface area contributed by atoms with Gasteiger partial charge in [-0.2, -0.15) is 0 Å². The number of carboxylic acids is 1. The summed E-state index contributed by atoms with van der Waals surface area (Å²) in [7, 11) is 1.57. The van der Waals surface area contributed by atoms with E-state index < -0.39 is 46.6 Å². The second-order valence-electron chi connectivity index (χ2n) is 9.90. The summed E-state index contributed by atoms with van der Waals surface area (Å²) in [4.78, 5) is 54.6. The van der Waals surface area contributed by atoms with Crippen LogP contribution < -0.4 is 4.74 Å². The second kappa shape index (κ2) is 10.6. The van der Waals surface area contributed by atoms with Crippen LogP contribution in [0.1, 0.15) is 44.3 Å². The van der Waals surface area contributed by atoms with E-state index in [1.807, 2.05) is 24.3 Å². The molecule has 38 heavy (non-hydrogen) atoms. The van der Waals surface area contributed by atoms with E-state index in [2.05, 4.69) is 15.9 Å². The molecular weight excluding hydrogens is 580 g/mol. The number of carboxylic acid groups (broad SMARTS) is 1. The minimum Gasteiger partial charge on any atom is -0.496 e. The molecule has 0 radical (unpaired) electrons. The number of hydrogen-bond acceptors (Lipinski definition) is 8. The number of nitrogens with zero attached hydrogens (tertiary/aromatic N) is 2. The molecule has 4 aliphatic rings. The number of imide groups is 1. The average Bonchev–Trinajstić information content (AvgIpc) is 3.65. The van der Waals surface area contributed by atoms with Gasteiger partial charge in [-0.05, 0) is 60.2 Å². The quantitative estimate of drug-likeness (QED) is 0.418. The number of thioether (sulfide) groups is 1. The van der Waals surface area contributed by atoms with Crippen LogP contribution in [0.25, 0.3) is 0 Å². The Morgan fingerprint density at radius 3 is 2.55 bits per heavy atom. The molecule has 1 aromatic carbocycles. The van der Waals surface area contributed by atoms with Crippen LogP contribution >= 0.6 is 27.7 Å². The van der Waals surface area contributed by atoms with E-state index in [-0.39, 0.29) is 25.5 Å². The van der Waals surface area contributed by atoms with E-state index in [1.165, 1.54) is 11.8 Å². The Kier molecular flexibility index (Phi) is 7.60. The Morgan fingerprint density at radius 1 is 1.24 bits per heavy atom. The molecule has 3 heterocycles. The first-order chi connectivity index (χ1) is 18.2. The molecule has 10 nitrogen and oxygen atoms in total. The normalized spacial score (nSPS) is 25.9. The topological polar surface area (TPSA) is 123 Å². The van der Waals surface area contributed by atoms with Crippen LogP contribution in [0.15, 0.2) is 33.7 Å². The Bertz CT molecular complexity index is 1200. The lowest BCUT2D eigenvalue weighted by atomic mass is 9.94. The minimum absolute atomic E-state index is 0.0828. The molecular formula is C26H29BrN2O8S. The standard InChI is InChI=1S/C26H29BrN2O8S/c1-14-19-22(31)29(26(9-10-26)20(30)24(32)33)25(34)28(23(19)38-21(14)27)13-18(37-15-7-11-36-12-8-15)16-5-3-4-6-17(16)35-2/h3-6,15,18-19,23H,7-13H2,1-2H3,(H,32,33). The summed E-state index contributed by atoms with van der Waals surface area (Å²) < 4.78 is 18.4. The zero-order chi connectivity index (χ0) is 27.2. The highest BCUT2D eigenvalue weighted by atomic mass is 79.9. The predicted molar refractivity (Wildman–Crippen MR) is 141 cm³/mol. The second-order valence-corrected chi connectivity index (χ2v) is 12.3. The molecule has 3 unspecified atom stereocenters. The van der Waals surface area contributed by atoms with Gasteiger partial charge < -0.3 is 24.2 Å². The van der Waals surface area contributed by atoms with E-state index >= 15 is 0 Å². The van der Waals surface area contributed by atoms with Crippen LogP contribution in [0.4, 0.5) is 4.79 Å². The average molecular weight is 609 g/mol. The van der Waals surface area contributed by atoms with Crippen LogP contribution in [0.2, 0.25) is 0 Å². The molecule has 3 atom stereocenters. The molecule has 0 spiro atoms. The number of carbonyl (C=O) groups is 4. The van der Waals surface area contributed by atoms with Gasteiger partial charge in [0, 0.05) is 18.8 Å². The van der Waals surface area contributed by atoms with Crippen molar-refractivity contribution in [3.05, 3.63) is 39.2 Å². The summed E-state index contributed by atoms with van der Waals surface area (Å²) in [6, 6.07) is 6.74. The number of para-hydroxylation sites is 1. The number of methoxy groups -OCH3 is 1. The number of urea groups is 1. The number of hydrogen-bond donors (Lipinski definition) is 1. The highest BCUT2D eigenvalue weighted by Gasteiger charge is 2.66. The van der Waals surface area contributed by atoms with Crippen molar-refractivity contribution < 1.29 is 38.5 Å². The van der Waals surface area contributed by atoms with Crippen molar-refractivity contribution in [2.24, 2.45) is 5.92 Å². The molecule has 5 rings (SSSR count). The number of benzene rings is 1. The highest BCUT2D eigenvalue weighted by molar-refractivity contribution is 9.14. The van der Waals surface area contributed by atoms with Gasteiger partial charge in [-0.25, -0.2) is 14.5 Å². The third kappa shape index (κ3) is 4.65. The Labute approximate surface area is 232 Å². The third-order valence-corrected chi connectivity index (χ3v) is 10.1.